The van der Waals surface area contributed by atoms with E-state index < -0.39 is 0 Å². The average Bonchev–Trinajstić information content (AvgIpc) is 2.49. The minimum Gasteiger partial charge on any atom is -0.497 e. The van der Waals surface area contributed by atoms with Crippen molar-refractivity contribution < 1.29 is 9.53 Å². The molecule has 0 bridgehead atoms. The van der Waals surface area contributed by atoms with Crippen LogP contribution in [0.4, 0.5) is 0 Å². The number of hydrogen-bond acceptors (Lipinski definition) is 3. The van der Waals surface area contributed by atoms with Gasteiger partial charge in [-0.05, 0) is 17.7 Å². The van der Waals surface area contributed by atoms with Crippen LogP contribution < -0.4 is 10.5 Å². The van der Waals surface area contributed by atoms with Crippen molar-refractivity contribution in [3.05, 3.63) is 65.7 Å². The summed E-state index contributed by atoms with van der Waals surface area (Å²) < 4.78 is 4.97. The number of carbonyl (C=O) groups is 1. The summed E-state index contributed by atoms with van der Waals surface area (Å²) in [6, 6.07) is 16.8. The molecule has 0 aliphatic carbocycles. The van der Waals surface area contributed by atoms with E-state index in [1.807, 2.05) is 42.5 Å². The van der Waals surface area contributed by atoms with Crippen LogP contribution in [0.2, 0.25) is 0 Å². The standard InChI is InChI=1S/C8H11NO.C7H6O/c1-10-8-4-2-7(6-9)3-5-8;8-6-7-4-2-1-3-5-7/h2-5H,6,9H2,1H3;1-6H. The maximum atomic E-state index is 10.0. The van der Waals surface area contributed by atoms with Gasteiger partial charge in [0.05, 0.1) is 7.11 Å². The van der Waals surface area contributed by atoms with E-state index in [0.717, 1.165) is 23.2 Å². The molecule has 94 valence electrons. The second-order valence-corrected chi connectivity index (χ2v) is 3.58. The zero-order valence-corrected chi connectivity index (χ0v) is 10.4. The Morgan fingerprint density at radius 2 is 1.67 bits per heavy atom. The number of nitrogens with two attached hydrogens (primary N) is 1. The molecule has 0 radical (unpaired) electrons. The van der Waals surface area contributed by atoms with Gasteiger partial charge in [0.25, 0.3) is 0 Å². The van der Waals surface area contributed by atoms with Crippen LogP contribution >= 0.6 is 0 Å². The van der Waals surface area contributed by atoms with Crippen molar-refractivity contribution in [1.29, 1.82) is 0 Å². The molecule has 0 aliphatic rings. The third-order valence-electron chi connectivity index (χ3n) is 2.33. The van der Waals surface area contributed by atoms with E-state index >= 15 is 0 Å². The van der Waals surface area contributed by atoms with Crippen LogP contribution in [0.3, 0.4) is 0 Å². The van der Waals surface area contributed by atoms with Gasteiger partial charge < -0.3 is 10.5 Å². The van der Waals surface area contributed by atoms with Crippen molar-refractivity contribution in [2.24, 2.45) is 5.73 Å². The van der Waals surface area contributed by atoms with Crippen molar-refractivity contribution >= 4 is 6.29 Å². The second-order valence-electron chi connectivity index (χ2n) is 3.58. The highest BCUT2D eigenvalue weighted by atomic mass is 16.5. The first-order chi connectivity index (χ1) is 8.80. The molecule has 3 heteroatoms. The Morgan fingerprint density at radius 3 is 2.06 bits per heavy atom. The van der Waals surface area contributed by atoms with E-state index in [-0.39, 0.29) is 0 Å². The highest BCUT2D eigenvalue weighted by Gasteiger charge is 1.89. The van der Waals surface area contributed by atoms with Gasteiger partial charge in [0.1, 0.15) is 12.0 Å². The van der Waals surface area contributed by atoms with Crippen LogP contribution in [0.15, 0.2) is 54.6 Å². The predicted octanol–water partition coefficient (Wildman–Crippen LogP) is 2.65. The molecule has 0 saturated heterocycles. The van der Waals surface area contributed by atoms with Gasteiger partial charge in [-0.1, -0.05) is 42.5 Å². The van der Waals surface area contributed by atoms with E-state index in [1.165, 1.54) is 0 Å². The van der Waals surface area contributed by atoms with Crippen LogP contribution in [0.5, 0.6) is 5.75 Å². The third kappa shape index (κ3) is 4.80. The maximum Gasteiger partial charge on any atom is 0.150 e. The normalized spacial score (nSPS) is 9.00. The van der Waals surface area contributed by atoms with Gasteiger partial charge in [-0.2, -0.15) is 0 Å². The van der Waals surface area contributed by atoms with Gasteiger partial charge in [0, 0.05) is 12.1 Å². The molecule has 0 atom stereocenters. The van der Waals surface area contributed by atoms with Gasteiger partial charge in [0.15, 0.2) is 0 Å². The molecule has 0 aliphatic heterocycles. The molecule has 0 amide bonds. The Balaban J connectivity index is 0.000000184. The van der Waals surface area contributed by atoms with E-state index in [9.17, 15) is 4.79 Å². The van der Waals surface area contributed by atoms with Gasteiger partial charge in [-0.25, -0.2) is 0 Å². The summed E-state index contributed by atoms with van der Waals surface area (Å²) in [4.78, 5) is 10.0. The lowest BCUT2D eigenvalue weighted by Crippen LogP contribution is -1.95. The molecule has 0 aromatic heterocycles. The fraction of sp³-hybridized carbons (Fsp3) is 0.133. The highest BCUT2D eigenvalue weighted by Crippen LogP contribution is 2.10. The van der Waals surface area contributed by atoms with Crippen LogP contribution in [-0.4, -0.2) is 13.4 Å². The summed E-state index contributed by atoms with van der Waals surface area (Å²) in [5, 5.41) is 0. The fourth-order valence-electron chi connectivity index (χ4n) is 1.29. The molecule has 2 aromatic rings. The van der Waals surface area contributed by atoms with E-state index in [1.54, 1.807) is 19.2 Å². The molecular weight excluding hydrogens is 226 g/mol. The van der Waals surface area contributed by atoms with Gasteiger partial charge >= 0.3 is 0 Å². The van der Waals surface area contributed by atoms with E-state index in [0.29, 0.717) is 6.54 Å². The molecule has 0 spiro atoms. The zero-order chi connectivity index (χ0) is 13.2. The molecule has 3 nitrogen and oxygen atoms in total. The van der Waals surface area contributed by atoms with Crippen LogP contribution in [-0.2, 0) is 6.54 Å². The summed E-state index contributed by atoms with van der Waals surface area (Å²) in [6.45, 7) is 0.587. The number of hydrogen-bond donors (Lipinski definition) is 1. The predicted molar refractivity (Wildman–Crippen MR) is 72.7 cm³/mol. The molecule has 0 saturated carbocycles. The van der Waals surface area contributed by atoms with Crippen LogP contribution in [0.25, 0.3) is 0 Å². The fourth-order valence-corrected chi connectivity index (χ4v) is 1.29. The third-order valence-corrected chi connectivity index (χ3v) is 2.33. The SMILES string of the molecule is COc1ccc(CN)cc1.O=Cc1ccccc1. The maximum absolute atomic E-state index is 10.0. The summed E-state index contributed by atoms with van der Waals surface area (Å²) >= 11 is 0. The van der Waals surface area contributed by atoms with Crippen molar-refractivity contribution in [2.75, 3.05) is 7.11 Å². The molecule has 0 heterocycles. The summed E-state index contributed by atoms with van der Waals surface area (Å²) in [5.74, 6) is 0.872. The van der Waals surface area contributed by atoms with Crippen LogP contribution in [0, 0.1) is 0 Å². The van der Waals surface area contributed by atoms with Gasteiger partial charge in [0.2, 0.25) is 0 Å². The Bertz CT molecular complexity index is 429. The van der Waals surface area contributed by atoms with Crippen molar-refractivity contribution in [3.8, 4) is 5.75 Å². The lowest BCUT2D eigenvalue weighted by atomic mass is 10.2. The van der Waals surface area contributed by atoms with Gasteiger partial charge in [-0.15, -0.1) is 0 Å². The Morgan fingerprint density at radius 1 is 1.06 bits per heavy atom. The van der Waals surface area contributed by atoms with E-state index in [2.05, 4.69) is 0 Å². The minimum absolute atomic E-state index is 0.587. The first kappa shape index (κ1) is 13.9. The summed E-state index contributed by atoms with van der Waals surface area (Å²) in [5.41, 5.74) is 7.26. The number of aldehydes is 1. The number of ether oxygens (including phenoxy) is 1. The molecule has 2 N–H and O–H groups in total. The zero-order valence-electron chi connectivity index (χ0n) is 10.4. The first-order valence-corrected chi connectivity index (χ1v) is 5.63. The Kier molecular flexibility index (Phi) is 6.22. The molecule has 2 aromatic carbocycles. The molecule has 0 unspecified atom stereocenters. The molecule has 18 heavy (non-hydrogen) atoms. The Labute approximate surface area is 107 Å². The highest BCUT2D eigenvalue weighted by molar-refractivity contribution is 5.74. The average molecular weight is 243 g/mol. The summed E-state index contributed by atoms with van der Waals surface area (Å²) in [6.07, 6.45) is 0.833. The lowest BCUT2D eigenvalue weighted by Gasteiger charge is -1.99. The first-order valence-electron chi connectivity index (χ1n) is 5.63. The number of benzene rings is 2. The lowest BCUT2D eigenvalue weighted by molar-refractivity contribution is 0.112. The van der Waals surface area contributed by atoms with Gasteiger partial charge in [-0.3, -0.25) is 4.79 Å². The van der Waals surface area contributed by atoms with Crippen molar-refractivity contribution in [1.82, 2.24) is 0 Å². The molecule has 0 fully saturated rings. The molecular formula is C15H17NO2. The number of rotatable bonds is 3. The van der Waals surface area contributed by atoms with E-state index in [4.69, 9.17) is 10.5 Å². The van der Waals surface area contributed by atoms with Crippen molar-refractivity contribution in [2.45, 2.75) is 6.54 Å². The Hall–Kier alpha value is -2.13. The quantitative estimate of drug-likeness (QED) is 0.843. The monoisotopic (exact) mass is 243 g/mol. The summed E-state index contributed by atoms with van der Waals surface area (Å²) in [7, 11) is 1.65. The number of carbonyl (C=O) groups excluding carboxylic acids is 1. The minimum atomic E-state index is 0.587. The molecule has 2 rings (SSSR count). The second kappa shape index (κ2) is 8.03. The number of methoxy groups -OCH3 is 1. The largest absolute Gasteiger partial charge is 0.497 e. The van der Waals surface area contributed by atoms with Crippen LogP contribution in [0.1, 0.15) is 15.9 Å². The smallest absolute Gasteiger partial charge is 0.150 e. The van der Waals surface area contributed by atoms with Crippen molar-refractivity contribution in [3.63, 3.8) is 0 Å². The topological polar surface area (TPSA) is 52.3 Å².